The molecule has 116 valence electrons. The number of thiazole rings is 1. The third kappa shape index (κ3) is 8.01. The van der Waals surface area contributed by atoms with E-state index in [2.05, 4.69) is 32.9 Å². The molecule has 0 aromatic carbocycles. The second kappa shape index (κ2) is 12.3. The minimum absolute atomic E-state index is 0. The van der Waals surface area contributed by atoms with Crippen LogP contribution in [0.25, 0.3) is 0 Å². The Hall–Kier alpha value is -0.410. The number of rotatable bonds is 8. The van der Waals surface area contributed by atoms with Crippen LogP contribution in [0.2, 0.25) is 0 Å². The molecule has 0 amide bonds. The average molecular weight is 412 g/mol. The number of nitrogens with one attached hydrogen (secondary N) is 2. The molecule has 2 N–H and O–H groups in total. The van der Waals surface area contributed by atoms with Gasteiger partial charge >= 0.3 is 0 Å². The number of aromatic nitrogens is 1. The highest BCUT2D eigenvalue weighted by atomic mass is 127. The normalized spacial score (nSPS) is 11.1. The molecule has 20 heavy (non-hydrogen) atoms. The number of aryl methyl sites for hydroxylation is 1. The minimum Gasteiger partial charge on any atom is -0.385 e. The van der Waals surface area contributed by atoms with Crippen molar-refractivity contribution in [1.82, 2.24) is 15.6 Å². The molecular weight excluding hydrogens is 387 g/mol. The van der Waals surface area contributed by atoms with Crippen LogP contribution < -0.4 is 10.6 Å². The van der Waals surface area contributed by atoms with Crippen LogP contribution in [0.3, 0.4) is 0 Å². The van der Waals surface area contributed by atoms with E-state index < -0.39 is 0 Å². The van der Waals surface area contributed by atoms with Crippen molar-refractivity contribution in [2.24, 2.45) is 4.99 Å². The molecule has 5 nitrogen and oxygen atoms in total. The summed E-state index contributed by atoms with van der Waals surface area (Å²) in [5.41, 5.74) is 1.16. The van der Waals surface area contributed by atoms with Gasteiger partial charge in [-0.05, 0) is 12.8 Å². The molecule has 1 aromatic rings. The van der Waals surface area contributed by atoms with Crippen LogP contribution in [-0.4, -0.2) is 44.8 Å². The first-order valence-electron chi connectivity index (χ1n) is 6.66. The fourth-order valence-electron chi connectivity index (χ4n) is 1.58. The number of guanidine groups is 1. The predicted molar refractivity (Wildman–Crippen MR) is 96.5 cm³/mol. The molecule has 0 saturated carbocycles. The van der Waals surface area contributed by atoms with Crippen LogP contribution in [0.1, 0.15) is 24.0 Å². The molecule has 7 heteroatoms. The summed E-state index contributed by atoms with van der Waals surface area (Å²) in [5.74, 6) is 0.835. The van der Waals surface area contributed by atoms with Crippen molar-refractivity contribution in [2.75, 3.05) is 33.9 Å². The van der Waals surface area contributed by atoms with Crippen molar-refractivity contribution in [3.05, 3.63) is 16.1 Å². The average Bonchev–Trinajstić information content (AvgIpc) is 2.89. The topological polar surface area (TPSA) is 58.5 Å². The highest BCUT2D eigenvalue weighted by Crippen LogP contribution is 2.09. The molecule has 0 radical (unpaired) electrons. The molecule has 0 aliphatic rings. The molecule has 1 aromatic heterocycles. The Morgan fingerprint density at radius 1 is 1.40 bits per heavy atom. The van der Waals surface area contributed by atoms with Gasteiger partial charge in [0.15, 0.2) is 5.96 Å². The summed E-state index contributed by atoms with van der Waals surface area (Å²) >= 11 is 1.73. The number of ether oxygens (including phenoxy) is 1. The second-order valence-corrected chi connectivity index (χ2v) is 5.05. The summed E-state index contributed by atoms with van der Waals surface area (Å²) in [6, 6.07) is 0. The van der Waals surface area contributed by atoms with E-state index in [1.165, 1.54) is 5.01 Å². The Labute approximate surface area is 142 Å². The maximum Gasteiger partial charge on any atom is 0.190 e. The number of hydrogen-bond acceptors (Lipinski definition) is 4. The van der Waals surface area contributed by atoms with Crippen LogP contribution in [0.5, 0.6) is 0 Å². The molecular formula is C13H25IN4OS. The fraction of sp³-hybridized carbons (Fsp3) is 0.692. The zero-order valence-electron chi connectivity index (χ0n) is 12.4. The van der Waals surface area contributed by atoms with Gasteiger partial charge in [-0.3, -0.25) is 4.99 Å². The van der Waals surface area contributed by atoms with Gasteiger partial charge in [0, 0.05) is 45.7 Å². The minimum atomic E-state index is 0. The Morgan fingerprint density at radius 2 is 2.15 bits per heavy atom. The molecule has 0 aliphatic carbocycles. The summed E-state index contributed by atoms with van der Waals surface area (Å²) < 4.78 is 5.00. The lowest BCUT2D eigenvalue weighted by molar-refractivity contribution is 0.195. The highest BCUT2D eigenvalue weighted by Gasteiger charge is 2.01. The molecule has 0 spiro atoms. The Bertz CT molecular complexity index is 384. The van der Waals surface area contributed by atoms with E-state index in [1.54, 1.807) is 25.5 Å². The van der Waals surface area contributed by atoms with Crippen LogP contribution in [-0.2, 0) is 17.6 Å². The molecule has 0 saturated heterocycles. The van der Waals surface area contributed by atoms with E-state index in [4.69, 9.17) is 4.74 Å². The molecule has 0 unspecified atom stereocenters. The molecule has 0 bridgehead atoms. The van der Waals surface area contributed by atoms with Gasteiger partial charge in [0.1, 0.15) is 0 Å². The molecule has 1 rings (SSSR count). The third-order valence-corrected chi connectivity index (χ3v) is 3.66. The zero-order valence-corrected chi connectivity index (χ0v) is 15.6. The van der Waals surface area contributed by atoms with Crippen molar-refractivity contribution >= 4 is 41.3 Å². The Morgan fingerprint density at radius 3 is 2.75 bits per heavy atom. The van der Waals surface area contributed by atoms with Crippen molar-refractivity contribution in [2.45, 2.75) is 26.2 Å². The summed E-state index contributed by atoms with van der Waals surface area (Å²) in [6.07, 6.45) is 2.92. The second-order valence-electron chi connectivity index (χ2n) is 4.11. The number of aliphatic imine (C=N–C) groups is 1. The first kappa shape index (κ1) is 19.6. The van der Waals surface area contributed by atoms with Gasteiger partial charge in [-0.2, -0.15) is 0 Å². The molecule has 0 fully saturated rings. The summed E-state index contributed by atoms with van der Waals surface area (Å²) in [7, 11) is 3.50. The van der Waals surface area contributed by atoms with E-state index >= 15 is 0 Å². The van der Waals surface area contributed by atoms with Gasteiger partial charge in [-0.1, -0.05) is 6.92 Å². The largest absolute Gasteiger partial charge is 0.385 e. The Kier molecular flexibility index (Phi) is 12.1. The van der Waals surface area contributed by atoms with E-state index in [1.807, 2.05) is 0 Å². The molecule has 1 heterocycles. The first-order chi connectivity index (χ1) is 9.30. The maximum atomic E-state index is 5.00. The smallest absolute Gasteiger partial charge is 0.190 e. The zero-order chi connectivity index (χ0) is 13.9. The summed E-state index contributed by atoms with van der Waals surface area (Å²) in [6.45, 7) is 4.61. The van der Waals surface area contributed by atoms with Crippen molar-refractivity contribution in [3.8, 4) is 0 Å². The maximum absolute atomic E-state index is 5.00. The Balaban J connectivity index is 0.00000361. The van der Waals surface area contributed by atoms with Crippen LogP contribution >= 0.6 is 35.3 Å². The number of methoxy groups -OCH3 is 1. The lowest BCUT2D eigenvalue weighted by Gasteiger charge is -2.10. The van der Waals surface area contributed by atoms with E-state index in [9.17, 15) is 0 Å². The SMILES string of the molecule is CCc1nc(CCNC(=NC)NCCCOC)cs1.I. The standard InChI is InChI=1S/C13H24N4OS.HI/c1-4-12-17-11(10-19-12)6-8-16-13(14-2)15-7-5-9-18-3;/h10H,4-9H2,1-3H3,(H2,14,15,16);1H. The van der Waals surface area contributed by atoms with Gasteiger partial charge < -0.3 is 15.4 Å². The quantitative estimate of drug-likeness (QED) is 0.297. The number of nitrogens with zero attached hydrogens (tertiary/aromatic N) is 2. The van der Waals surface area contributed by atoms with Gasteiger partial charge in [0.2, 0.25) is 0 Å². The van der Waals surface area contributed by atoms with E-state index in [-0.39, 0.29) is 24.0 Å². The predicted octanol–water partition coefficient (Wildman–Crippen LogP) is 2.07. The first-order valence-corrected chi connectivity index (χ1v) is 7.54. The van der Waals surface area contributed by atoms with Gasteiger partial charge in [0.05, 0.1) is 10.7 Å². The van der Waals surface area contributed by atoms with E-state index in [0.717, 1.165) is 50.6 Å². The van der Waals surface area contributed by atoms with Gasteiger partial charge in [0.25, 0.3) is 0 Å². The van der Waals surface area contributed by atoms with E-state index in [0.29, 0.717) is 0 Å². The summed E-state index contributed by atoms with van der Waals surface area (Å²) in [4.78, 5) is 8.71. The molecule has 0 aliphatic heterocycles. The highest BCUT2D eigenvalue weighted by molar-refractivity contribution is 14.0. The third-order valence-electron chi connectivity index (χ3n) is 2.62. The number of hydrogen-bond donors (Lipinski definition) is 2. The number of halogens is 1. The summed E-state index contributed by atoms with van der Waals surface area (Å²) in [5, 5.41) is 9.87. The lowest BCUT2D eigenvalue weighted by Crippen LogP contribution is -2.39. The fourth-order valence-corrected chi connectivity index (χ4v) is 2.36. The molecule has 0 atom stereocenters. The van der Waals surface area contributed by atoms with Crippen molar-refractivity contribution in [1.29, 1.82) is 0 Å². The van der Waals surface area contributed by atoms with Gasteiger partial charge in [-0.25, -0.2) is 4.98 Å². The van der Waals surface area contributed by atoms with Crippen LogP contribution in [0.4, 0.5) is 0 Å². The van der Waals surface area contributed by atoms with Gasteiger partial charge in [-0.15, -0.1) is 35.3 Å². The van der Waals surface area contributed by atoms with Crippen LogP contribution in [0, 0.1) is 0 Å². The van der Waals surface area contributed by atoms with Crippen LogP contribution in [0.15, 0.2) is 10.4 Å². The lowest BCUT2D eigenvalue weighted by atomic mass is 10.3. The van der Waals surface area contributed by atoms with Crippen molar-refractivity contribution < 1.29 is 4.74 Å². The monoisotopic (exact) mass is 412 g/mol. The van der Waals surface area contributed by atoms with Crippen molar-refractivity contribution in [3.63, 3.8) is 0 Å².